The summed E-state index contributed by atoms with van der Waals surface area (Å²) in [7, 11) is -2.06. The Hall–Kier alpha value is -2.54. The van der Waals surface area contributed by atoms with Crippen LogP contribution in [0.2, 0.25) is 0 Å². The molecule has 2 aromatic carbocycles. The average Bonchev–Trinajstić information content (AvgIpc) is 2.66. The third kappa shape index (κ3) is 4.98. The fourth-order valence-corrected chi connectivity index (χ4v) is 3.57. The summed E-state index contributed by atoms with van der Waals surface area (Å²) in [4.78, 5) is 12.5. The minimum Gasteiger partial charge on any atom is -0.497 e. The summed E-state index contributed by atoms with van der Waals surface area (Å²) in [5.74, 6) is 0.152. The van der Waals surface area contributed by atoms with Crippen molar-refractivity contribution in [2.24, 2.45) is 0 Å². The maximum atomic E-state index is 12.5. The molecule has 1 amide bonds. The van der Waals surface area contributed by atoms with Crippen LogP contribution in [0.4, 0.5) is 5.69 Å². The Kier molecular flexibility index (Phi) is 6.63. The number of ether oxygens (including phenoxy) is 1. The van der Waals surface area contributed by atoms with Crippen molar-refractivity contribution in [2.45, 2.75) is 19.9 Å². The lowest BCUT2D eigenvalue weighted by Crippen LogP contribution is -2.42. The second-order valence-electron chi connectivity index (χ2n) is 5.81. The second kappa shape index (κ2) is 8.71. The molecule has 0 heterocycles. The lowest BCUT2D eigenvalue weighted by Gasteiger charge is -2.24. The van der Waals surface area contributed by atoms with E-state index in [1.54, 1.807) is 31.2 Å². The topological polar surface area (TPSA) is 75.7 Å². The summed E-state index contributed by atoms with van der Waals surface area (Å²) >= 11 is 0. The van der Waals surface area contributed by atoms with E-state index in [1.807, 2.05) is 37.3 Å². The van der Waals surface area contributed by atoms with Crippen molar-refractivity contribution in [3.63, 3.8) is 0 Å². The predicted molar refractivity (Wildman–Crippen MR) is 103 cm³/mol. The molecule has 26 heavy (non-hydrogen) atoms. The lowest BCUT2D eigenvalue weighted by molar-refractivity contribution is -0.120. The first-order chi connectivity index (χ1) is 12.4. The van der Waals surface area contributed by atoms with Crippen LogP contribution in [0.1, 0.15) is 25.5 Å². The number of nitrogens with zero attached hydrogens (tertiary/aromatic N) is 1. The molecule has 0 aliphatic carbocycles. The van der Waals surface area contributed by atoms with Crippen LogP contribution in [-0.2, 0) is 14.8 Å². The van der Waals surface area contributed by atoms with Crippen molar-refractivity contribution >= 4 is 21.6 Å². The molecular weight excluding hydrogens is 352 g/mol. The van der Waals surface area contributed by atoms with E-state index in [0.29, 0.717) is 11.4 Å². The van der Waals surface area contributed by atoms with Crippen LogP contribution in [0.15, 0.2) is 54.6 Å². The number of rotatable bonds is 8. The largest absolute Gasteiger partial charge is 0.497 e. The Bertz CT molecular complexity index is 820. The molecule has 0 bridgehead atoms. The molecule has 0 aromatic heterocycles. The van der Waals surface area contributed by atoms with Gasteiger partial charge in [0.2, 0.25) is 15.9 Å². The predicted octanol–water partition coefficient (Wildman–Crippen LogP) is 2.73. The molecule has 0 aliphatic rings. The number of anilines is 1. The number of nitrogens with one attached hydrogen (secondary N) is 1. The molecular formula is C19H24N2O4S. The SMILES string of the molecule is CCS(=O)(=O)N(CC(=O)N[C@@H](C)c1ccccc1)c1ccc(OC)cc1. The minimum absolute atomic E-state index is 0.0967. The maximum absolute atomic E-state index is 12.5. The van der Waals surface area contributed by atoms with Crippen molar-refractivity contribution in [3.05, 3.63) is 60.2 Å². The highest BCUT2D eigenvalue weighted by molar-refractivity contribution is 7.92. The van der Waals surface area contributed by atoms with Gasteiger partial charge in [-0.3, -0.25) is 9.10 Å². The van der Waals surface area contributed by atoms with E-state index in [0.717, 1.165) is 9.87 Å². The van der Waals surface area contributed by atoms with Crippen molar-refractivity contribution in [3.8, 4) is 5.75 Å². The van der Waals surface area contributed by atoms with Crippen LogP contribution in [0.3, 0.4) is 0 Å². The number of benzene rings is 2. The van der Waals surface area contributed by atoms with E-state index >= 15 is 0 Å². The molecule has 2 aromatic rings. The summed E-state index contributed by atoms with van der Waals surface area (Å²) in [5, 5.41) is 2.85. The first-order valence-electron chi connectivity index (χ1n) is 8.36. The van der Waals surface area contributed by atoms with E-state index in [-0.39, 0.29) is 24.2 Å². The standard InChI is InChI=1S/C19H24N2O4S/c1-4-26(23,24)21(17-10-12-18(25-3)13-11-17)14-19(22)20-15(2)16-8-6-5-7-9-16/h5-13,15H,4,14H2,1-3H3,(H,20,22)/t15-/m0/s1. The highest BCUT2D eigenvalue weighted by atomic mass is 32.2. The van der Waals surface area contributed by atoms with Crippen LogP contribution in [-0.4, -0.2) is 33.7 Å². The second-order valence-corrected chi connectivity index (χ2v) is 7.99. The van der Waals surface area contributed by atoms with Crippen molar-refractivity contribution in [1.29, 1.82) is 0 Å². The third-order valence-electron chi connectivity index (χ3n) is 4.03. The van der Waals surface area contributed by atoms with Gasteiger partial charge in [-0.1, -0.05) is 30.3 Å². The minimum atomic E-state index is -3.60. The van der Waals surface area contributed by atoms with Gasteiger partial charge in [0.25, 0.3) is 0 Å². The van der Waals surface area contributed by atoms with E-state index in [4.69, 9.17) is 4.74 Å². The van der Waals surface area contributed by atoms with Gasteiger partial charge in [-0.15, -0.1) is 0 Å². The molecule has 6 nitrogen and oxygen atoms in total. The number of sulfonamides is 1. The number of methoxy groups -OCH3 is 1. The normalized spacial score (nSPS) is 12.3. The van der Waals surface area contributed by atoms with Gasteiger partial charge in [-0.2, -0.15) is 0 Å². The fraction of sp³-hybridized carbons (Fsp3) is 0.316. The Labute approximate surface area is 154 Å². The number of hydrogen-bond donors (Lipinski definition) is 1. The van der Waals surface area contributed by atoms with Gasteiger partial charge in [0, 0.05) is 0 Å². The monoisotopic (exact) mass is 376 g/mol. The zero-order chi connectivity index (χ0) is 19.2. The van der Waals surface area contributed by atoms with E-state index in [2.05, 4.69) is 5.32 Å². The van der Waals surface area contributed by atoms with Gasteiger partial charge in [0.1, 0.15) is 12.3 Å². The van der Waals surface area contributed by atoms with Gasteiger partial charge < -0.3 is 10.1 Å². The fourth-order valence-electron chi connectivity index (χ4n) is 2.50. The highest BCUT2D eigenvalue weighted by Crippen LogP contribution is 2.22. The van der Waals surface area contributed by atoms with Gasteiger partial charge in [0.05, 0.1) is 24.6 Å². The third-order valence-corrected chi connectivity index (χ3v) is 5.77. The summed E-state index contributed by atoms with van der Waals surface area (Å²) < 4.78 is 31.1. The molecule has 0 aliphatic heterocycles. The van der Waals surface area contributed by atoms with Crippen LogP contribution in [0, 0.1) is 0 Å². The molecule has 140 valence electrons. The average molecular weight is 376 g/mol. The number of carbonyl (C=O) groups is 1. The van der Waals surface area contributed by atoms with Crippen LogP contribution < -0.4 is 14.4 Å². The molecule has 0 saturated carbocycles. The van der Waals surface area contributed by atoms with E-state index in [1.165, 1.54) is 7.11 Å². The molecule has 0 spiro atoms. The van der Waals surface area contributed by atoms with Crippen LogP contribution in [0.5, 0.6) is 5.75 Å². The van der Waals surface area contributed by atoms with Gasteiger partial charge in [-0.25, -0.2) is 8.42 Å². The zero-order valence-electron chi connectivity index (χ0n) is 15.2. The number of hydrogen-bond acceptors (Lipinski definition) is 4. The van der Waals surface area contributed by atoms with Crippen LogP contribution >= 0.6 is 0 Å². The van der Waals surface area contributed by atoms with E-state index < -0.39 is 10.0 Å². The quantitative estimate of drug-likeness (QED) is 0.769. The zero-order valence-corrected chi connectivity index (χ0v) is 16.0. The Balaban J connectivity index is 2.17. The summed E-state index contributed by atoms with van der Waals surface area (Å²) in [6.07, 6.45) is 0. The van der Waals surface area contributed by atoms with Crippen LogP contribution in [0.25, 0.3) is 0 Å². The molecule has 7 heteroatoms. The van der Waals surface area contributed by atoms with Crippen molar-refractivity contribution in [2.75, 3.05) is 23.7 Å². The van der Waals surface area contributed by atoms with Gasteiger partial charge in [0.15, 0.2) is 0 Å². The summed E-state index contributed by atoms with van der Waals surface area (Å²) in [6.45, 7) is 3.13. The summed E-state index contributed by atoms with van der Waals surface area (Å²) in [6, 6.07) is 15.9. The lowest BCUT2D eigenvalue weighted by atomic mass is 10.1. The molecule has 0 fully saturated rings. The molecule has 0 radical (unpaired) electrons. The number of amides is 1. The molecule has 0 saturated heterocycles. The highest BCUT2D eigenvalue weighted by Gasteiger charge is 2.24. The van der Waals surface area contributed by atoms with Gasteiger partial charge >= 0.3 is 0 Å². The molecule has 0 unspecified atom stereocenters. The van der Waals surface area contributed by atoms with Gasteiger partial charge in [-0.05, 0) is 43.7 Å². The Morgan fingerprint density at radius 1 is 1.12 bits per heavy atom. The molecule has 1 N–H and O–H groups in total. The number of carbonyl (C=O) groups excluding carboxylic acids is 1. The smallest absolute Gasteiger partial charge is 0.241 e. The molecule has 2 rings (SSSR count). The first-order valence-corrected chi connectivity index (χ1v) is 9.97. The Morgan fingerprint density at radius 2 is 1.73 bits per heavy atom. The first kappa shape index (κ1) is 19.8. The van der Waals surface area contributed by atoms with E-state index in [9.17, 15) is 13.2 Å². The summed E-state index contributed by atoms with van der Waals surface area (Å²) in [5.41, 5.74) is 1.38. The molecule has 1 atom stereocenters. The Morgan fingerprint density at radius 3 is 2.27 bits per heavy atom. The maximum Gasteiger partial charge on any atom is 0.241 e. The van der Waals surface area contributed by atoms with Crippen molar-refractivity contribution in [1.82, 2.24) is 5.32 Å². The van der Waals surface area contributed by atoms with Crippen molar-refractivity contribution < 1.29 is 17.9 Å².